The molecule has 0 saturated heterocycles. The van der Waals surface area contributed by atoms with Crippen molar-refractivity contribution in [3.8, 4) is 0 Å². The van der Waals surface area contributed by atoms with Crippen molar-refractivity contribution in [1.82, 2.24) is 9.97 Å². The molecule has 2 N–H and O–H groups in total. The maximum absolute atomic E-state index is 13.9. The van der Waals surface area contributed by atoms with E-state index in [1.165, 1.54) is 12.1 Å². The summed E-state index contributed by atoms with van der Waals surface area (Å²) in [6.45, 7) is 0. The third-order valence-corrected chi connectivity index (χ3v) is 4.07. The van der Waals surface area contributed by atoms with Crippen LogP contribution in [0.4, 0.5) is 38.0 Å². The minimum Gasteiger partial charge on any atom is -0.330 e. The van der Waals surface area contributed by atoms with Crippen LogP contribution in [0.1, 0.15) is 11.1 Å². The van der Waals surface area contributed by atoms with Gasteiger partial charge < -0.3 is 15.4 Å². The van der Waals surface area contributed by atoms with Gasteiger partial charge in [0.15, 0.2) is 0 Å². The fourth-order valence-electron chi connectivity index (χ4n) is 3.00. The Bertz CT molecular complexity index is 784. The van der Waals surface area contributed by atoms with Crippen molar-refractivity contribution in [2.24, 2.45) is 0 Å². The number of alkyl halides is 6. The molecule has 0 radical (unpaired) electrons. The number of ether oxygens (including phenoxy) is 1. The van der Waals surface area contributed by atoms with E-state index in [1.807, 2.05) is 10.6 Å². The van der Waals surface area contributed by atoms with Gasteiger partial charge in [-0.15, -0.1) is 0 Å². The van der Waals surface area contributed by atoms with Gasteiger partial charge in [0, 0.05) is 12.4 Å². The Morgan fingerprint density at radius 1 is 0.760 bits per heavy atom. The molecule has 2 bridgehead atoms. The van der Waals surface area contributed by atoms with Crippen LogP contribution in [0.25, 0.3) is 0 Å². The van der Waals surface area contributed by atoms with E-state index >= 15 is 0 Å². The monoisotopic (exact) mass is 362 g/mol. The average molecular weight is 362 g/mol. The highest BCUT2D eigenvalue weighted by Gasteiger charge is 2.74. The summed E-state index contributed by atoms with van der Waals surface area (Å²) >= 11 is 0. The fraction of sp³-hybridized carbons (Fsp3) is 0.286. The van der Waals surface area contributed by atoms with Gasteiger partial charge in [0.25, 0.3) is 11.4 Å². The molecule has 132 valence electrons. The maximum atomic E-state index is 13.9. The number of rotatable bonds is 0. The molecule has 2 aromatic rings. The molecule has 0 aliphatic carbocycles. The molecule has 2 unspecified atom stereocenters. The minimum atomic E-state index is -5.22. The van der Waals surface area contributed by atoms with E-state index in [9.17, 15) is 26.3 Å². The molecule has 0 fully saturated rings. The highest BCUT2D eigenvalue weighted by Crippen LogP contribution is 2.60. The molecule has 5 nitrogen and oxygen atoms in total. The number of nitrogens with one attached hydrogen (secondary N) is 2. The van der Waals surface area contributed by atoms with E-state index in [0.717, 1.165) is 24.5 Å². The zero-order valence-electron chi connectivity index (χ0n) is 12.0. The molecule has 0 spiro atoms. The van der Waals surface area contributed by atoms with Gasteiger partial charge in [0.2, 0.25) is 0 Å². The highest BCUT2D eigenvalue weighted by molar-refractivity contribution is 5.64. The largest absolute Gasteiger partial charge is 0.441 e. The SMILES string of the molecule is FC(F)(F)C12Nc3ncccc3C(C(F)(F)F)(Nc3ncccc31)O2. The van der Waals surface area contributed by atoms with Crippen molar-refractivity contribution < 1.29 is 31.1 Å². The van der Waals surface area contributed by atoms with Gasteiger partial charge >= 0.3 is 12.4 Å². The Hall–Kier alpha value is -2.56. The minimum absolute atomic E-state index is 0.578. The second-order valence-corrected chi connectivity index (χ2v) is 5.51. The third-order valence-electron chi connectivity index (χ3n) is 4.07. The van der Waals surface area contributed by atoms with Gasteiger partial charge in [-0.1, -0.05) is 0 Å². The number of hydrogen-bond donors (Lipinski definition) is 2. The number of anilines is 2. The number of fused-ring (bicyclic) bond motifs is 6. The zero-order chi connectivity index (χ0) is 18.1. The van der Waals surface area contributed by atoms with Crippen LogP contribution in [0.15, 0.2) is 36.7 Å². The number of aromatic nitrogens is 2. The van der Waals surface area contributed by atoms with Gasteiger partial charge in [0.05, 0.1) is 11.1 Å². The van der Waals surface area contributed by atoms with Crippen LogP contribution in [0.2, 0.25) is 0 Å². The van der Waals surface area contributed by atoms with Crippen LogP contribution in [0, 0.1) is 0 Å². The summed E-state index contributed by atoms with van der Waals surface area (Å²) in [5, 5.41) is 3.99. The summed E-state index contributed by atoms with van der Waals surface area (Å²) in [5.41, 5.74) is -8.12. The van der Waals surface area contributed by atoms with Crippen LogP contribution in [0.3, 0.4) is 0 Å². The van der Waals surface area contributed by atoms with E-state index in [1.54, 1.807) is 0 Å². The van der Waals surface area contributed by atoms with E-state index in [4.69, 9.17) is 4.74 Å². The second kappa shape index (κ2) is 4.54. The standard InChI is InChI=1S/C14H8F6N4O/c15-13(16,17)11-7-3-1-5-21-9(7)23-12(25-11,14(18,19)20)8-4-2-6-22-10(8)24-11/h1-6H,(H,21,23)(H,22,24). The van der Waals surface area contributed by atoms with E-state index in [0.29, 0.717) is 0 Å². The van der Waals surface area contributed by atoms with Gasteiger partial charge in [0.1, 0.15) is 11.6 Å². The number of pyridine rings is 2. The van der Waals surface area contributed by atoms with Crippen LogP contribution in [-0.4, -0.2) is 22.3 Å². The molecule has 2 atom stereocenters. The number of hydrogen-bond acceptors (Lipinski definition) is 5. The third kappa shape index (κ3) is 1.89. The lowest BCUT2D eigenvalue weighted by atomic mass is 9.90. The van der Waals surface area contributed by atoms with Crippen molar-refractivity contribution in [1.29, 1.82) is 0 Å². The predicted molar refractivity (Wildman–Crippen MR) is 72.3 cm³/mol. The molecule has 25 heavy (non-hydrogen) atoms. The number of nitrogens with zero attached hydrogens (tertiary/aromatic N) is 2. The lowest BCUT2D eigenvalue weighted by Crippen LogP contribution is -2.68. The van der Waals surface area contributed by atoms with Crippen LogP contribution < -0.4 is 10.6 Å². The van der Waals surface area contributed by atoms with Gasteiger partial charge in [-0.3, -0.25) is 0 Å². The summed E-state index contributed by atoms with van der Waals surface area (Å²) < 4.78 is 88.1. The molecular weight excluding hydrogens is 354 g/mol. The van der Waals surface area contributed by atoms with Crippen molar-refractivity contribution in [2.45, 2.75) is 23.8 Å². The molecule has 2 aromatic heterocycles. The highest BCUT2D eigenvalue weighted by atomic mass is 19.4. The molecule has 2 aliphatic rings. The lowest BCUT2D eigenvalue weighted by molar-refractivity contribution is -0.369. The Balaban J connectivity index is 2.10. The number of halogens is 6. The van der Waals surface area contributed by atoms with E-state index < -0.39 is 46.6 Å². The van der Waals surface area contributed by atoms with E-state index in [2.05, 4.69) is 9.97 Å². The summed E-state index contributed by atoms with van der Waals surface area (Å²) in [7, 11) is 0. The Kier molecular flexibility index (Phi) is 2.89. The Morgan fingerprint density at radius 3 is 1.52 bits per heavy atom. The summed E-state index contributed by atoms with van der Waals surface area (Å²) in [4.78, 5) is 7.28. The topological polar surface area (TPSA) is 59.1 Å². The van der Waals surface area contributed by atoms with Crippen molar-refractivity contribution in [3.63, 3.8) is 0 Å². The quantitative estimate of drug-likeness (QED) is 0.703. The lowest BCUT2D eigenvalue weighted by Gasteiger charge is -2.53. The summed E-state index contributed by atoms with van der Waals surface area (Å²) in [6.07, 6.45) is -8.27. The van der Waals surface area contributed by atoms with Gasteiger partial charge in [-0.2, -0.15) is 26.3 Å². The zero-order valence-corrected chi connectivity index (χ0v) is 12.0. The molecule has 0 aromatic carbocycles. The first-order valence-corrected chi connectivity index (χ1v) is 6.92. The normalized spacial score (nSPS) is 27.6. The van der Waals surface area contributed by atoms with Crippen molar-refractivity contribution >= 4 is 11.6 Å². The molecule has 4 rings (SSSR count). The first kappa shape index (κ1) is 15.9. The average Bonchev–Trinajstić information content (AvgIpc) is 2.53. The predicted octanol–water partition coefficient (Wildman–Crippen LogP) is 3.47. The smallest absolute Gasteiger partial charge is 0.330 e. The molecular formula is C14H8F6N4O. The molecule has 4 heterocycles. The van der Waals surface area contributed by atoms with Crippen LogP contribution in [-0.2, 0) is 16.2 Å². The van der Waals surface area contributed by atoms with Crippen LogP contribution in [0.5, 0.6) is 0 Å². The van der Waals surface area contributed by atoms with Crippen LogP contribution >= 0.6 is 0 Å². The molecule has 11 heteroatoms. The fourth-order valence-corrected chi connectivity index (χ4v) is 3.00. The van der Waals surface area contributed by atoms with E-state index in [-0.39, 0.29) is 0 Å². The summed E-state index contributed by atoms with van der Waals surface area (Å²) in [6, 6.07) is 4.33. The Labute approximate surface area is 136 Å². The first-order chi connectivity index (χ1) is 11.6. The molecule has 0 amide bonds. The molecule has 2 aliphatic heterocycles. The first-order valence-electron chi connectivity index (χ1n) is 6.92. The Morgan fingerprint density at radius 2 is 1.16 bits per heavy atom. The second-order valence-electron chi connectivity index (χ2n) is 5.51. The summed E-state index contributed by atoms with van der Waals surface area (Å²) in [5.74, 6) is -1.16. The van der Waals surface area contributed by atoms with Gasteiger partial charge in [-0.25, -0.2) is 9.97 Å². The van der Waals surface area contributed by atoms with Gasteiger partial charge in [-0.05, 0) is 24.3 Å². The molecule has 0 saturated carbocycles. The van der Waals surface area contributed by atoms with Crippen molar-refractivity contribution in [3.05, 3.63) is 47.8 Å². The maximum Gasteiger partial charge on any atom is 0.441 e. The van der Waals surface area contributed by atoms with Crippen molar-refractivity contribution in [2.75, 3.05) is 10.6 Å².